The molecular weight excluding hydrogens is 217 g/mol. The number of rotatable bonds is 0. The highest BCUT2D eigenvalue weighted by molar-refractivity contribution is 7.91. The van der Waals surface area contributed by atoms with Crippen molar-refractivity contribution in [1.82, 2.24) is 0 Å². The Kier molecular flexibility index (Phi) is 2.42. The van der Waals surface area contributed by atoms with Gasteiger partial charge in [0.05, 0.1) is 16.3 Å². The lowest BCUT2D eigenvalue weighted by atomic mass is 10.2. The first kappa shape index (κ1) is 10.4. The van der Waals surface area contributed by atoms with Gasteiger partial charge in [-0.1, -0.05) is 6.92 Å². The summed E-state index contributed by atoms with van der Waals surface area (Å²) < 4.78 is 36.6. The van der Waals surface area contributed by atoms with Crippen LogP contribution in [0.15, 0.2) is 23.1 Å². The predicted octanol–water partition coefficient (Wildman–Crippen LogP) is 1.66. The average molecular weight is 229 g/mol. The average Bonchev–Trinajstić information content (AvgIpc) is 2.23. The Morgan fingerprint density at radius 3 is 2.93 bits per heavy atom. The highest BCUT2D eigenvalue weighted by Gasteiger charge is 2.25. The van der Waals surface area contributed by atoms with E-state index in [1.54, 1.807) is 0 Å². The fourth-order valence-corrected chi connectivity index (χ4v) is 3.51. The Morgan fingerprint density at radius 2 is 2.20 bits per heavy atom. The second kappa shape index (κ2) is 3.48. The molecule has 0 aliphatic carbocycles. The Balaban J connectivity index is 2.58. The van der Waals surface area contributed by atoms with Gasteiger partial charge < -0.3 is 5.32 Å². The van der Waals surface area contributed by atoms with Crippen LogP contribution in [0.5, 0.6) is 0 Å². The summed E-state index contributed by atoms with van der Waals surface area (Å²) in [4.78, 5) is 0.202. The molecular formula is C10H12FNO2S. The molecule has 1 aromatic rings. The number of hydrogen-bond donors (Lipinski definition) is 1. The summed E-state index contributed by atoms with van der Waals surface area (Å²) in [5, 5.41) is 2.95. The number of anilines is 1. The zero-order valence-corrected chi connectivity index (χ0v) is 9.14. The summed E-state index contributed by atoms with van der Waals surface area (Å²) in [7, 11) is -3.27. The molecule has 1 heterocycles. The van der Waals surface area contributed by atoms with Gasteiger partial charge in [-0.2, -0.15) is 0 Å². The zero-order valence-electron chi connectivity index (χ0n) is 8.33. The highest BCUT2D eigenvalue weighted by atomic mass is 32.2. The number of fused-ring (bicyclic) bond motifs is 1. The van der Waals surface area contributed by atoms with Gasteiger partial charge in [0.2, 0.25) is 0 Å². The molecule has 15 heavy (non-hydrogen) atoms. The van der Waals surface area contributed by atoms with E-state index in [2.05, 4.69) is 5.32 Å². The second-order valence-corrected chi connectivity index (χ2v) is 5.91. The minimum Gasteiger partial charge on any atom is -0.384 e. The van der Waals surface area contributed by atoms with Crippen molar-refractivity contribution >= 4 is 15.5 Å². The third-order valence-corrected chi connectivity index (χ3v) is 4.46. The van der Waals surface area contributed by atoms with Crippen molar-refractivity contribution in [1.29, 1.82) is 0 Å². The van der Waals surface area contributed by atoms with Crippen molar-refractivity contribution in [2.24, 2.45) is 5.92 Å². The fourth-order valence-electron chi connectivity index (χ4n) is 1.72. The molecule has 0 amide bonds. The number of hydrogen-bond acceptors (Lipinski definition) is 3. The van der Waals surface area contributed by atoms with Crippen LogP contribution >= 0.6 is 0 Å². The smallest absolute Gasteiger partial charge is 0.180 e. The van der Waals surface area contributed by atoms with Gasteiger partial charge in [-0.15, -0.1) is 0 Å². The van der Waals surface area contributed by atoms with Crippen molar-refractivity contribution in [3.63, 3.8) is 0 Å². The van der Waals surface area contributed by atoms with Gasteiger partial charge >= 0.3 is 0 Å². The SMILES string of the molecule is CC1CNc2cc(F)ccc2S(=O)(=O)C1. The summed E-state index contributed by atoms with van der Waals surface area (Å²) in [5.41, 5.74) is 0.374. The Labute approximate surface area is 88.2 Å². The Morgan fingerprint density at radius 1 is 1.47 bits per heavy atom. The summed E-state index contributed by atoms with van der Waals surface area (Å²) in [5.74, 6) is -0.282. The summed E-state index contributed by atoms with van der Waals surface area (Å²) in [6, 6.07) is 3.73. The van der Waals surface area contributed by atoms with Gasteiger partial charge in [-0.25, -0.2) is 12.8 Å². The highest BCUT2D eigenvalue weighted by Crippen LogP contribution is 2.27. The molecule has 0 radical (unpaired) electrons. The molecule has 1 N–H and O–H groups in total. The summed E-state index contributed by atoms with van der Waals surface area (Å²) in [6.45, 7) is 2.41. The normalized spacial score (nSPS) is 23.7. The minimum absolute atomic E-state index is 0.0328. The molecule has 3 nitrogen and oxygen atoms in total. The number of nitrogens with one attached hydrogen (secondary N) is 1. The lowest BCUT2D eigenvalue weighted by molar-refractivity contribution is 0.582. The van der Waals surface area contributed by atoms with Crippen LogP contribution in [0, 0.1) is 11.7 Å². The van der Waals surface area contributed by atoms with Crippen LogP contribution in [0.4, 0.5) is 10.1 Å². The molecule has 0 saturated heterocycles. The maximum Gasteiger partial charge on any atom is 0.180 e. The largest absolute Gasteiger partial charge is 0.384 e. The summed E-state index contributed by atoms with van der Waals surface area (Å²) >= 11 is 0. The third-order valence-electron chi connectivity index (χ3n) is 2.42. The molecule has 0 fully saturated rings. The Bertz CT molecular complexity index is 484. The first-order valence-corrected chi connectivity index (χ1v) is 6.40. The molecule has 0 spiro atoms. The van der Waals surface area contributed by atoms with E-state index in [-0.39, 0.29) is 16.6 Å². The molecule has 0 bridgehead atoms. The number of sulfone groups is 1. The van der Waals surface area contributed by atoms with Crippen molar-refractivity contribution in [2.75, 3.05) is 17.6 Å². The molecule has 0 aromatic heterocycles. The topological polar surface area (TPSA) is 46.2 Å². The fraction of sp³-hybridized carbons (Fsp3) is 0.400. The van der Waals surface area contributed by atoms with E-state index in [9.17, 15) is 12.8 Å². The first-order chi connectivity index (χ1) is 6.99. The van der Waals surface area contributed by atoms with Gasteiger partial charge in [0.25, 0.3) is 0 Å². The lowest BCUT2D eigenvalue weighted by Crippen LogP contribution is -2.15. The molecule has 1 unspecified atom stereocenters. The maximum absolute atomic E-state index is 12.9. The zero-order chi connectivity index (χ0) is 11.1. The van der Waals surface area contributed by atoms with Gasteiger partial charge in [0, 0.05) is 6.54 Å². The van der Waals surface area contributed by atoms with Gasteiger partial charge in [0.1, 0.15) is 5.82 Å². The van der Waals surface area contributed by atoms with Crippen LogP contribution in [0.3, 0.4) is 0 Å². The molecule has 5 heteroatoms. The van der Waals surface area contributed by atoms with E-state index in [1.807, 2.05) is 6.92 Å². The van der Waals surface area contributed by atoms with Crippen LogP contribution < -0.4 is 5.32 Å². The summed E-state index contributed by atoms with van der Waals surface area (Å²) in [6.07, 6.45) is 0. The van der Waals surface area contributed by atoms with Gasteiger partial charge in [-0.05, 0) is 24.1 Å². The molecule has 2 rings (SSSR count). The quantitative estimate of drug-likeness (QED) is 0.688. The maximum atomic E-state index is 12.9. The minimum atomic E-state index is -3.27. The van der Waals surface area contributed by atoms with E-state index in [0.29, 0.717) is 12.2 Å². The molecule has 0 saturated carbocycles. The van der Waals surface area contributed by atoms with E-state index < -0.39 is 15.7 Å². The van der Waals surface area contributed by atoms with E-state index in [4.69, 9.17) is 0 Å². The van der Waals surface area contributed by atoms with Gasteiger partial charge in [0.15, 0.2) is 9.84 Å². The third kappa shape index (κ3) is 1.97. The van der Waals surface area contributed by atoms with E-state index in [1.165, 1.54) is 18.2 Å². The lowest BCUT2D eigenvalue weighted by Gasteiger charge is -2.06. The molecule has 1 atom stereocenters. The van der Waals surface area contributed by atoms with E-state index >= 15 is 0 Å². The first-order valence-electron chi connectivity index (χ1n) is 4.75. The molecule has 1 aliphatic heterocycles. The Hall–Kier alpha value is -1.10. The van der Waals surface area contributed by atoms with Crippen LogP contribution in [-0.4, -0.2) is 20.7 Å². The predicted molar refractivity (Wildman–Crippen MR) is 56.1 cm³/mol. The van der Waals surface area contributed by atoms with Gasteiger partial charge in [-0.3, -0.25) is 0 Å². The number of benzene rings is 1. The van der Waals surface area contributed by atoms with Crippen LogP contribution in [0.1, 0.15) is 6.92 Å². The van der Waals surface area contributed by atoms with E-state index in [0.717, 1.165) is 0 Å². The molecule has 1 aromatic carbocycles. The second-order valence-electron chi connectivity index (χ2n) is 3.91. The van der Waals surface area contributed by atoms with Crippen LogP contribution in [0.25, 0.3) is 0 Å². The number of halogens is 1. The van der Waals surface area contributed by atoms with Crippen molar-refractivity contribution in [3.8, 4) is 0 Å². The van der Waals surface area contributed by atoms with Crippen molar-refractivity contribution in [3.05, 3.63) is 24.0 Å². The van der Waals surface area contributed by atoms with Crippen LogP contribution in [-0.2, 0) is 9.84 Å². The van der Waals surface area contributed by atoms with Crippen LogP contribution in [0.2, 0.25) is 0 Å². The molecule has 82 valence electrons. The monoisotopic (exact) mass is 229 g/mol. The van der Waals surface area contributed by atoms with Crippen molar-refractivity contribution < 1.29 is 12.8 Å². The molecule has 1 aliphatic rings. The standard InChI is InChI=1S/C10H12FNO2S/c1-7-5-12-9-4-8(11)2-3-10(9)15(13,14)6-7/h2-4,7,12H,5-6H2,1H3. The van der Waals surface area contributed by atoms with Crippen molar-refractivity contribution in [2.45, 2.75) is 11.8 Å².